The largest absolute Gasteiger partial charge is 0.495 e. The van der Waals surface area contributed by atoms with Gasteiger partial charge >= 0.3 is 7.12 Å². The summed E-state index contributed by atoms with van der Waals surface area (Å²) in [6, 6.07) is 161. The van der Waals surface area contributed by atoms with E-state index in [2.05, 4.69) is 462 Å². The first-order valence-corrected chi connectivity index (χ1v) is 51.9. The van der Waals surface area contributed by atoms with Gasteiger partial charge in [-0.3, -0.25) is 0 Å². The summed E-state index contributed by atoms with van der Waals surface area (Å²) >= 11 is 40.9. The van der Waals surface area contributed by atoms with Crippen LogP contribution in [-0.2, 0) is 29.7 Å². The van der Waals surface area contributed by atoms with Crippen LogP contribution in [0, 0.1) is 3.57 Å². The zero-order chi connectivity index (χ0) is 88.2. The second-order valence-corrected chi connectivity index (χ2v) is 44.8. The summed E-state index contributed by atoms with van der Waals surface area (Å²) in [5.41, 5.74) is 2.50. The average molecular weight is 2290 g/mol. The van der Waals surface area contributed by atoms with Gasteiger partial charge in [-0.05, 0) is 220 Å². The van der Waals surface area contributed by atoms with E-state index in [4.69, 9.17) is 55.7 Å². The second kappa shape index (κ2) is 51.1. The topological polar surface area (TPSA) is 18.5 Å². The van der Waals surface area contributed by atoms with Crippen molar-refractivity contribution >= 4 is 262 Å². The van der Waals surface area contributed by atoms with Gasteiger partial charge in [0, 0.05) is 78.3 Å². The molecule has 0 atom stereocenters. The number of hydrogen-bond donors (Lipinski definition) is 0. The minimum atomic E-state index is -0.446. The average Bonchev–Trinajstić information content (AvgIpc) is 1.50. The number of hydrogen-bond acceptors (Lipinski definition) is 2. The normalized spacial score (nSPS) is 12.0. The minimum Gasteiger partial charge on any atom is -0.399 e. The molecule has 0 amide bonds. The van der Waals surface area contributed by atoms with Crippen LogP contribution in [0.25, 0.3) is 32.7 Å². The molecule has 0 saturated carbocycles. The number of rotatable bonds is 14. The minimum absolute atomic E-state index is 0. The zero-order valence-corrected chi connectivity index (χ0v) is 86.4. The maximum atomic E-state index is 6.32. The van der Waals surface area contributed by atoms with Crippen molar-refractivity contribution < 1.29 is 29.7 Å². The number of fused-ring (bicyclic) bond motifs is 2. The smallest absolute Gasteiger partial charge is 0.399 e. The molecule has 17 heteroatoms. The monoisotopic (exact) mass is 2280 g/mol. The van der Waals surface area contributed by atoms with Crippen molar-refractivity contribution in [3.8, 4) is 11.1 Å². The predicted octanol–water partition coefficient (Wildman–Crippen LogP) is 30.0. The first-order chi connectivity index (χ1) is 61.3. The van der Waals surface area contributed by atoms with Crippen molar-refractivity contribution in [2.24, 2.45) is 0 Å². The van der Waals surface area contributed by atoms with Gasteiger partial charge in [0.15, 0.2) is 0 Å². The summed E-state index contributed by atoms with van der Waals surface area (Å²) in [7, 11) is -2.14. The Morgan fingerprint density at radius 1 is 0.250 bits per heavy atom. The quantitative estimate of drug-likeness (QED) is 0.0468. The first kappa shape index (κ1) is 101. The molecule has 2 nitrogen and oxygen atoms in total. The van der Waals surface area contributed by atoms with Crippen LogP contribution in [0.4, 0.5) is 0 Å². The van der Waals surface area contributed by atoms with Gasteiger partial charge in [0.2, 0.25) is 0 Å². The van der Waals surface area contributed by atoms with Crippen molar-refractivity contribution in [3.63, 3.8) is 0 Å². The molecule has 0 bridgehead atoms. The molecule has 1 aliphatic heterocycles. The summed E-state index contributed by atoms with van der Waals surface area (Å²) in [6.07, 6.45) is 0. The van der Waals surface area contributed by atoms with Gasteiger partial charge in [-0.2, -0.15) is 0 Å². The maximum absolute atomic E-state index is 6.32. The van der Waals surface area contributed by atoms with E-state index in [9.17, 15) is 0 Å². The molecule has 0 aromatic heterocycles. The SMILES string of the molecule is C.CC1(C)OB(c2ccc(Cl)cc2Br)OC1(C)C.Clc1cc(Br)c(I)c2ccccc12.Clc1ccc(-c2c(Br)cc(Cl)c3ccccc23)c(Br)c1.[Pd].c1ccc(P(c2ccccc2)c2ccccc2)cc1.c1ccc(P(c2ccccc2)c2ccccc2)cc1.c1ccc(P(c2ccccc2)c2ccccc2)cc1.c1ccc(P(c2ccccc2)c2ccccc2)cc1. The standard InChI is InChI=1S/4C18H15P.C16H8Br2Cl2.C12H15BBrClO2.C10H5BrClI.CH4.Pd/c4*1-4-10-16(11-5-1)19(17-12-6-2-7-13-17)18-14-8-3-9-15-18;17-13-7-9(19)5-6-12(13)16-11-4-2-1-3-10(11)15(20)8-14(16)18;1-11(2)12(3,4)17-13(16-11)9-6-5-8(15)7-10(9)14;11-8-5-9(12)6-3-1-2-4-7(6)10(8)13;;/h4*1-15H;1-8H;5-7H,1-4H3;1-5H;1H4;. The predicted molar refractivity (Wildman–Crippen MR) is 586 cm³/mol. The molecule has 0 radical (unpaired) electrons. The van der Waals surface area contributed by atoms with E-state index in [0.717, 1.165) is 60.7 Å². The van der Waals surface area contributed by atoms with Gasteiger partial charge in [-0.15, -0.1) is 0 Å². The van der Waals surface area contributed by atoms with E-state index < -0.39 is 31.7 Å². The van der Waals surface area contributed by atoms with Gasteiger partial charge in [0.05, 0.1) is 11.2 Å². The summed E-state index contributed by atoms with van der Waals surface area (Å²) in [4.78, 5) is 0. The fraction of sp³-hybridized carbons (Fsp3) is 0.0631. The first-order valence-electron chi connectivity index (χ1n) is 40.8. The molecule has 1 aliphatic rings. The van der Waals surface area contributed by atoms with E-state index in [1.54, 1.807) is 0 Å². The third kappa shape index (κ3) is 27.7. The van der Waals surface area contributed by atoms with Crippen LogP contribution in [0.15, 0.2) is 479 Å². The molecule has 128 heavy (non-hydrogen) atoms. The van der Waals surface area contributed by atoms with Crippen LogP contribution in [0.5, 0.6) is 0 Å². The summed E-state index contributed by atoms with van der Waals surface area (Å²) < 4.78 is 17.0. The van der Waals surface area contributed by atoms with Crippen molar-refractivity contribution in [3.05, 3.63) is 503 Å². The fourth-order valence-corrected chi connectivity index (χ4v) is 27.4. The molecule has 1 fully saturated rings. The Kier molecular flexibility index (Phi) is 40.4. The Balaban J connectivity index is 0.000000145. The van der Waals surface area contributed by atoms with Crippen LogP contribution in [-0.4, -0.2) is 18.3 Å². The van der Waals surface area contributed by atoms with E-state index in [0.29, 0.717) is 10.0 Å². The number of benzene rings is 18. The molecule has 0 N–H and O–H groups in total. The van der Waals surface area contributed by atoms with E-state index >= 15 is 0 Å². The molecular formula is C111H92BBr4Cl4IO2P4Pd. The summed E-state index contributed by atoms with van der Waals surface area (Å²) in [5, 5.41) is 24.2. The molecule has 644 valence electrons. The third-order valence-electron chi connectivity index (χ3n) is 20.7. The second-order valence-electron chi connectivity index (χ2n) is 29.7. The van der Waals surface area contributed by atoms with Gasteiger partial charge in [-0.1, -0.05) is 526 Å². The van der Waals surface area contributed by atoms with Crippen LogP contribution in [0.3, 0.4) is 0 Å². The molecule has 1 saturated heterocycles. The Hall–Kier alpha value is -7.34. The van der Waals surface area contributed by atoms with Gasteiger partial charge < -0.3 is 9.31 Å². The molecular weight excluding hydrogens is 2190 g/mol. The Morgan fingerprint density at radius 3 is 0.711 bits per heavy atom. The molecule has 0 aliphatic carbocycles. The zero-order valence-electron chi connectivity index (χ0n) is 69.8. The van der Waals surface area contributed by atoms with Crippen molar-refractivity contribution in [1.29, 1.82) is 0 Å². The van der Waals surface area contributed by atoms with Crippen LogP contribution < -0.4 is 69.1 Å². The molecule has 19 rings (SSSR count). The maximum Gasteiger partial charge on any atom is 0.495 e. The third-order valence-corrected chi connectivity index (χ3v) is 36.0. The van der Waals surface area contributed by atoms with Gasteiger partial charge in [-0.25, -0.2) is 0 Å². The van der Waals surface area contributed by atoms with Crippen LogP contribution in [0.2, 0.25) is 20.1 Å². The Labute approximate surface area is 842 Å². The van der Waals surface area contributed by atoms with Crippen LogP contribution in [0.1, 0.15) is 35.1 Å². The molecule has 18 aromatic carbocycles. The van der Waals surface area contributed by atoms with Crippen molar-refractivity contribution in [1.82, 2.24) is 0 Å². The Morgan fingerprint density at radius 2 is 0.461 bits per heavy atom. The Bertz CT molecular complexity index is 5560. The van der Waals surface area contributed by atoms with Gasteiger partial charge in [0.25, 0.3) is 0 Å². The summed E-state index contributed by atoms with van der Waals surface area (Å²) in [6.45, 7) is 8.15. The summed E-state index contributed by atoms with van der Waals surface area (Å²) in [5.74, 6) is 0. The van der Waals surface area contributed by atoms with Crippen LogP contribution >= 0.6 is 164 Å². The van der Waals surface area contributed by atoms with Crippen molar-refractivity contribution in [2.45, 2.75) is 46.3 Å². The molecule has 0 unspecified atom stereocenters. The fourth-order valence-electron chi connectivity index (χ4n) is 13.9. The van der Waals surface area contributed by atoms with Gasteiger partial charge in [0.1, 0.15) is 0 Å². The van der Waals surface area contributed by atoms with E-state index in [-0.39, 0.29) is 46.2 Å². The molecule has 0 spiro atoms. The van der Waals surface area contributed by atoms with Crippen molar-refractivity contribution in [2.75, 3.05) is 0 Å². The molecule has 18 aromatic rings. The van der Waals surface area contributed by atoms with E-state index in [1.807, 2.05) is 113 Å². The van der Waals surface area contributed by atoms with E-state index in [1.165, 1.54) is 72.6 Å². The molecule has 1 heterocycles. The number of halogens is 9.